The molecule has 0 aromatic heterocycles. The molecule has 0 radical (unpaired) electrons. The number of nitrogens with one attached hydrogen (secondary N) is 5. The summed E-state index contributed by atoms with van der Waals surface area (Å²) >= 11 is 0. The van der Waals surface area contributed by atoms with Crippen LogP contribution >= 0.6 is 0 Å². The predicted octanol–water partition coefficient (Wildman–Crippen LogP) is 2.76. The summed E-state index contributed by atoms with van der Waals surface area (Å²) in [4.78, 5) is 62.0. The molecule has 0 spiro atoms. The highest BCUT2D eigenvalue weighted by molar-refractivity contribution is 5.93. The van der Waals surface area contributed by atoms with Crippen molar-refractivity contribution in [2.24, 2.45) is 0 Å². The van der Waals surface area contributed by atoms with Crippen molar-refractivity contribution in [2.45, 2.75) is 95.4 Å². The zero-order chi connectivity index (χ0) is 34.9. The van der Waals surface area contributed by atoms with Crippen molar-refractivity contribution in [3.05, 3.63) is 0 Å². The van der Waals surface area contributed by atoms with E-state index in [1.807, 2.05) is 0 Å². The van der Waals surface area contributed by atoms with E-state index in [2.05, 4.69) is 26.6 Å². The zero-order valence-corrected chi connectivity index (χ0v) is 28.6. The Morgan fingerprint density at radius 3 is 1.04 bits per heavy atom. The largest absolute Gasteiger partial charge is 0.447 e. The number of rotatable bonds is 27. The van der Waals surface area contributed by atoms with E-state index in [0.29, 0.717) is 59.0 Å². The molecule has 3 atom stereocenters. The van der Waals surface area contributed by atoms with Gasteiger partial charge in [0.1, 0.15) is 38.1 Å². The lowest BCUT2D eigenvalue weighted by Gasteiger charge is -2.22. The normalized spacial score (nSPS) is 18.4. The maximum atomic E-state index is 13.0. The number of epoxide rings is 3. The summed E-state index contributed by atoms with van der Waals surface area (Å²) < 4.78 is 30.1. The molecule has 0 aliphatic carbocycles. The molecule has 3 heterocycles. The number of amides is 7. The zero-order valence-electron chi connectivity index (χ0n) is 28.6. The van der Waals surface area contributed by atoms with E-state index in [-0.39, 0.29) is 44.7 Å². The van der Waals surface area contributed by atoms with Crippen LogP contribution in [0, 0.1) is 0 Å². The first-order valence-corrected chi connectivity index (χ1v) is 17.8. The molecule has 17 nitrogen and oxygen atoms in total. The second-order valence-electron chi connectivity index (χ2n) is 12.3. The van der Waals surface area contributed by atoms with Crippen molar-refractivity contribution < 1.29 is 52.4 Å². The van der Waals surface area contributed by atoms with E-state index < -0.39 is 30.3 Å². The quantitative estimate of drug-likeness (QED) is 0.0477. The highest BCUT2D eigenvalue weighted by Gasteiger charge is 2.25. The maximum absolute atomic E-state index is 13.0. The molecule has 49 heavy (non-hydrogen) atoms. The van der Waals surface area contributed by atoms with Crippen molar-refractivity contribution in [1.82, 2.24) is 31.5 Å². The van der Waals surface area contributed by atoms with Gasteiger partial charge in [0.25, 0.3) is 0 Å². The van der Waals surface area contributed by atoms with Crippen LogP contribution in [0.5, 0.6) is 0 Å². The van der Waals surface area contributed by atoms with Crippen LogP contribution in [0.3, 0.4) is 0 Å². The Labute approximate surface area is 288 Å². The van der Waals surface area contributed by atoms with E-state index >= 15 is 0 Å². The number of hydrogen-bond acceptors (Lipinski definition) is 11. The van der Waals surface area contributed by atoms with E-state index in [1.165, 1.54) is 4.90 Å². The minimum Gasteiger partial charge on any atom is -0.447 e. The second-order valence-corrected chi connectivity index (χ2v) is 12.3. The SMILES string of the molecule is O=C(NCCCCCCNC(=O)N(CCCCCCNC(=O)OCC1CO1)C(=O)NCCCCCCNC(=O)OCC1CO1)OCC1CO1. The number of urea groups is 2. The minimum absolute atomic E-state index is 0.0289. The molecule has 280 valence electrons. The van der Waals surface area contributed by atoms with Gasteiger partial charge in [0, 0.05) is 39.3 Å². The Morgan fingerprint density at radius 2 is 0.735 bits per heavy atom. The number of hydrogen-bond donors (Lipinski definition) is 5. The van der Waals surface area contributed by atoms with Gasteiger partial charge in [-0.2, -0.15) is 0 Å². The van der Waals surface area contributed by atoms with Crippen LogP contribution in [0.15, 0.2) is 0 Å². The smallest absolute Gasteiger partial charge is 0.407 e. The first kappa shape index (κ1) is 39.9. The van der Waals surface area contributed by atoms with Crippen LogP contribution in [-0.4, -0.2) is 132 Å². The molecule has 17 heteroatoms. The van der Waals surface area contributed by atoms with Gasteiger partial charge >= 0.3 is 30.3 Å². The van der Waals surface area contributed by atoms with Gasteiger partial charge in [-0.1, -0.05) is 38.5 Å². The topological polar surface area (TPSA) is 214 Å². The van der Waals surface area contributed by atoms with Crippen LogP contribution in [0.4, 0.5) is 24.0 Å². The van der Waals surface area contributed by atoms with E-state index in [1.54, 1.807) is 0 Å². The number of nitrogens with zero attached hydrogens (tertiary/aromatic N) is 1. The third-order valence-electron chi connectivity index (χ3n) is 7.77. The molecule has 0 saturated carbocycles. The van der Waals surface area contributed by atoms with Crippen molar-refractivity contribution >= 4 is 30.3 Å². The van der Waals surface area contributed by atoms with Gasteiger partial charge in [-0.25, -0.2) is 28.9 Å². The lowest BCUT2D eigenvalue weighted by atomic mass is 10.2. The predicted molar refractivity (Wildman–Crippen MR) is 176 cm³/mol. The number of alkyl carbamates (subject to hydrolysis) is 3. The van der Waals surface area contributed by atoms with Crippen molar-refractivity contribution in [3.63, 3.8) is 0 Å². The van der Waals surface area contributed by atoms with Gasteiger partial charge in [-0.05, 0) is 38.5 Å². The number of imide groups is 1. The molecule has 3 fully saturated rings. The van der Waals surface area contributed by atoms with Gasteiger partial charge in [0.2, 0.25) is 0 Å². The molecule has 0 bridgehead atoms. The van der Waals surface area contributed by atoms with Crippen LogP contribution in [-0.2, 0) is 28.4 Å². The van der Waals surface area contributed by atoms with E-state index in [9.17, 15) is 24.0 Å². The number of unbranched alkanes of at least 4 members (excludes halogenated alkanes) is 9. The summed E-state index contributed by atoms with van der Waals surface area (Å²) in [6.45, 7) is 5.41. The number of carbonyl (C=O) groups excluding carboxylic acids is 5. The highest BCUT2D eigenvalue weighted by atomic mass is 16.6. The summed E-state index contributed by atoms with van der Waals surface area (Å²) in [6.07, 6.45) is 8.34. The van der Waals surface area contributed by atoms with Crippen LogP contribution in [0.25, 0.3) is 0 Å². The monoisotopic (exact) mass is 700 g/mol. The molecule has 3 unspecified atom stereocenters. The summed E-state index contributed by atoms with van der Waals surface area (Å²) in [5, 5.41) is 13.9. The van der Waals surface area contributed by atoms with Gasteiger partial charge in [0.05, 0.1) is 19.8 Å². The molecule has 7 amide bonds. The van der Waals surface area contributed by atoms with Gasteiger partial charge < -0.3 is 55.0 Å². The van der Waals surface area contributed by atoms with Crippen molar-refractivity contribution in [2.75, 3.05) is 78.9 Å². The Bertz CT molecular complexity index is 939. The Hall–Kier alpha value is -3.57. The average molecular weight is 701 g/mol. The third kappa shape index (κ3) is 21.9. The lowest BCUT2D eigenvalue weighted by Crippen LogP contribution is -2.49. The van der Waals surface area contributed by atoms with Crippen LogP contribution in [0.2, 0.25) is 0 Å². The Balaban J connectivity index is 1.23. The van der Waals surface area contributed by atoms with Gasteiger partial charge in [-0.15, -0.1) is 0 Å². The average Bonchev–Trinajstić information content (AvgIpc) is 3.93. The fourth-order valence-corrected chi connectivity index (χ4v) is 4.56. The van der Waals surface area contributed by atoms with E-state index in [0.717, 1.165) is 70.6 Å². The Kier molecular flexibility index (Phi) is 20.0. The number of ether oxygens (including phenoxy) is 6. The Morgan fingerprint density at radius 1 is 0.449 bits per heavy atom. The molecule has 3 aliphatic heterocycles. The second kappa shape index (κ2) is 24.5. The van der Waals surface area contributed by atoms with Crippen LogP contribution < -0.4 is 26.6 Å². The first-order chi connectivity index (χ1) is 23.9. The van der Waals surface area contributed by atoms with Crippen LogP contribution in [0.1, 0.15) is 77.0 Å². The third-order valence-corrected chi connectivity index (χ3v) is 7.77. The maximum Gasteiger partial charge on any atom is 0.407 e. The standard InChI is InChI=1S/C32H56N6O11/c39-28(33-13-7-1-3-9-15-35-30(41)47-22-25-19-44-25)38(18-12-6-5-11-17-37-32(43)49-24-27-21-46-27)29(40)34-14-8-2-4-10-16-36-31(42)48-23-26-20-45-26/h25-27H,1-24H2,(H,33,39)(H,34,40)(H,35,41)(H,36,42)(H,37,43). The molecule has 5 N–H and O–H groups in total. The van der Waals surface area contributed by atoms with Crippen molar-refractivity contribution in [3.8, 4) is 0 Å². The fraction of sp³-hybridized carbons (Fsp3) is 0.844. The molecular weight excluding hydrogens is 644 g/mol. The molecule has 3 saturated heterocycles. The van der Waals surface area contributed by atoms with Gasteiger partial charge in [0.15, 0.2) is 0 Å². The highest BCUT2D eigenvalue weighted by Crippen LogP contribution is 2.10. The lowest BCUT2D eigenvalue weighted by molar-refractivity contribution is 0.135. The summed E-state index contributed by atoms with van der Waals surface area (Å²) in [5.41, 5.74) is 0. The molecule has 0 aromatic rings. The van der Waals surface area contributed by atoms with E-state index in [4.69, 9.17) is 28.4 Å². The van der Waals surface area contributed by atoms with Gasteiger partial charge in [-0.3, -0.25) is 0 Å². The van der Waals surface area contributed by atoms with Crippen molar-refractivity contribution in [1.29, 1.82) is 0 Å². The fourth-order valence-electron chi connectivity index (χ4n) is 4.56. The molecular formula is C32H56N6O11. The first-order valence-electron chi connectivity index (χ1n) is 17.8. The summed E-state index contributed by atoms with van der Waals surface area (Å²) in [7, 11) is 0. The molecule has 3 aliphatic rings. The molecule has 0 aromatic carbocycles. The minimum atomic E-state index is -0.456. The summed E-state index contributed by atoms with van der Waals surface area (Å²) in [5.74, 6) is 0. The molecule has 3 rings (SSSR count). The number of carbonyl (C=O) groups is 5. The summed E-state index contributed by atoms with van der Waals surface area (Å²) in [6, 6.07) is -0.867.